The zero-order valence-corrected chi connectivity index (χ0v) is 8.79. The molecule has 0 radical (unpaired) electrons. The van der Waals surface area contributed by atoms with Crippen molar-refractivity contribution in [3.8, 4) is 0 Å². The molecule has 1 aromatic carbocycles. The molecule has 1 aliphatic rings. The maximum absolute atomic E-state index is 9.66. The van der Waals surface area contributed by atoms with Crippen molar-refractivity contribution >= 4 is 11.6 Å². The summed E-state index contributed by atoms with van der Waals surface area (Å²) in [6.45, 7) is 0. The molecule has 1 atom stereocenters. The predicted molar refractivity (Wildman–Crippen MR) is 55.4 cm³/mol. The first-order valence-corrected chi connectivity index (χ1v) is 5.11. The molecule has 0 heterocycles. The Morgan fingerprint density at radius 3 is 2.79 bits per heavy atom. The number of rotatable bonds is 3. The van der Waals surface area contributed by atoms with Gasteiger partial charge in [0.15, 0.2) is 6.29 Å². The third kappa shape index (κ3) is 1.78. The fourth-order valence-corrected chi connectivity index (χ4v) is 1.96. The van der Waals surface area contributed by atoms with E-state index in [2.05, 4.69) is 0 Å². The van der Waals surface area contributed by atoms with Crippen LogP contribution >= 0.6 is 11.6 Å². The molecule has 3 heteroatoms. The van der Waals surface area contributed by atoms with Gasteiger partial charge in [-0.1, -0.05) is 23.7 Å². The Bertz CT molecular complexity index is 334. The summed E-state index contributed by atoms with van der Waals surface area (Å²) in [7, 11) is 1.48. The van der Waals surface area contributed by atoms with Crippen LogP contribution in [0.2, 0.25) is 5.02 Å². The van der Waals surface area contributed by atoms with Gasteiger partial charge >= 0.3 is 0 Å². The van der Waals surface area contributed by atoms with Gasteiger partial charge in [0.25, 0.3) is 0 Å². The summed E-state index contributed by atoms with van der Waals surface area (Å²) < 4.78 is 4.91. The lowest BCUT2D eigenvalue weighted by atomic mass is 10.0. The summed E-state index contributed by atoms with van der Waals surface area (Å²) in [5.41, 5.74) is 1.87. The van der Waals surface area contributed by atoms with E-state index in [0.717, 1.165) is 11.1 Å². The van der Waals surface area contributed by atoms with E-state index in [1.165, 1.54) is 20.0 Å². The van der Waals surface area contributed by atoms with Crippen LogP contribution in [0.25, 0.3) is 0 Å². The first-order valence-electron chi connectivity index (χ1n) is 4.73. The molecule has 0 amide bonds. The molecule has 1 unspecified atom stereocenters. The molecule has 76 valence electrons. The van der Waals surface area contributed by atoms with Crippen LogP contribution in [0.4, 0.5) is 0 Å². The molecule has 1 fully saturated rings. The van der Waals surface area contributed by atoms with Crippen molar-refractivity contribution in [3.05, 3.63) is 34.3 Å². The molecule has 1 aromatic rings. The topological polar surface area (TPSA) is 29.5 Å². The minimum atomic E-state index is -0.903. The average Bonchev–Trinajstić information content (AvgIpc) is 2.99. The van der Waals surface area contributed by atoms with Crippen molar-refractivity contribution in [2.45, 2.75) is 25.0 Å². The van der Waals surface area contributed by atoms with Crippen LogP contribution in [0, 0.1) is 0 Å². The number of hydrogen-bond donors (Lipinski definition) is 1. The second kappa shape index (κ2) is 3.89. The Balaban J connectivity index is 2.42. The van der Waals surface area contributed by atoms with Gasteiger partial charge in [0.05, 0.1) is 0 Å². The van der Waals surface area contributed by atoms with E-state index in [0.29, 0.717) is 10.9 Å². The van der Waals surface area contributed by atoms with E-state index in [1.54, 1.807) is 6.07 Å². The number of halogens is 1. The standard InChI is InChI=1S/C11H13ClO2/c1-14-11(13)10-8(7-5-6-7)3-2-4-9(10)12/h2-4,7,11,13H,5-6H2,1H3. The van der Waals surface area contributed by atoms with Gasteiger partial charge in [0.2, 0.25) is 0 Å². The van der Waals surface area contributed by atoms with Gasteiger partial charge in [0.1, 0.15) is 0 Å². The van der Waals surface area contributed by atoms with Crippen molar-refractivity contribution in [2.75, 3.05) is 7.11 Å². The summed E-state index contributed by atoms with van der Waals surface area (Å²) >= 11 is 6.03. The third-order valence-electron chi connectivity index (χ3n) is 2.57. The Kier molecular flexibility index (Phi) is 2.77. The zero-order valence-electron chi connectivity index (χ0n) is 8.03. The molecule has 1 aliphatic carbocycles. The second-order valence-corrected chi connectivity index (χ2v) is 4.01. The Morgan fingerprint density at radius 2 is 2.21 bits per heavy atom. The number of aliphatic hydroxyl groups excluding tert-OH is 1. The van der Waals surface area contributed by atoms with Gasteiger partial charge in [0, 0.05) is 17.7 Å². The van der Waals surface area contributed by atoms with Gasteiger partial charge in [-0.15, -0.1) is 0 Å². The van der Waals surface area contributed by atoms with Crippen molar-refractivity contribution in [1.29, 1.82) is 0 Å². The van der Waals surface area contributed by atoms with Crippen molar-refractivity contribution < 1.29 is 9.84 Å². The van der Waals surface area contributed by atoms with Gasteiger partial charge in [-0.3, -0.25) is 0 Å². The van der Waals surface area contributed by atoms with Crippen LogP contribution in [-0.4, -0.2) is 12.2 Å². The third-order valence-corrected chi connectivity index (χ3v) is 2.90. The molecule has 2 rings (SSSR count). The Morgan fingerprint density at radius 1 is 1.50 bits per heavy atom. The maximum Gasteiger partial charge on any atom is 0.182 e. The Hall–Kier alpha value is -0.570. The molecule has 0 spiro atoms. The van der Waals surface area contributed by atoms with E-state index in [-0.39, 0.29) is 0 Å². The SMILES string of the molecule is COC(O)c1c(Cl)cccc1C1CC1. The molecule has 0 saturated heterocycles. The van der Waals surface area contributed by atoms with E-state index in [9.17, 15) is 5.11 Å². The van der Waals surface area contributed by atoms with Gasteiger partial charge in [-0.25, -0.2) is 0 Å². The van der Waals surface area contributed by atoms with Crippen molar-refractivity contribution in [1.82, 2.24) is 0 Å². The molecular formula is C11H13ClO2. The highest BCUT2D eigenvalue weighted by atomic mass is 35.5. The van der Waals surface area contributed by atoms with Gasteiger partial charge in [-0.05, 0) is 30.4 Å². The number of ether oxygens (including phenoxy) is 1. The van der Waals surface area contributed by atoms with Gasteiger partial charge in [-0.2, -0.15) is 0 Å². The number of benzene rings is 1. The lowest BCUT2D eigenvalue weighted by Gasteiger charge is -2.15. The molecule has 2 nitrogen and oxygen atoms in total. The summed E-state index contributed by atoms with van der Waals surface area (Å²) in [5.74, 6) is 0.563. The van der Waals surface area contributed by atoms with Crippen LogP contribution in [0.3, 0.4) is 0 Å². The average molecular weight is 213 g/mol. The highest BCUT2D eigenvalue weighted by Crippen LogP contribution is 2.44. The van der Waals surface area contributed by atoms with Crippen molar-refractivity contribution in [2.24, 2.45) is 0 Å². The molecule has 0 bridgehead atoms. The van der Waals surface area contributed by atoms with Crippen LogP contribution in [0.15, 0.2) is 18.2 Å². The number of methoxy groups -OCH3 is 1. The van der Waals surface area contributed by atoms with Crippen LogP contribution in [0.5, 0.6) is 0 Å². The van der Waals surface area contributed by atoms with Gasteiger partial charge < -0.3 is 9.84 Å². The van der Waals surface area contributed by atoms with E-state index in [1.807, 2.05) is 12.1 Å². The highest BCUT2D eigenvalue weighted by Gasteiger charge is 2.29. The van der Waals surface area contributed by atoms with E-state index in [4.69, 9.17) is 16.3 Å². The van der Waals surface area contributed by atoms with Crippen molar-refractivity contribution in [3.63, 3.8) is 0 Å². The second-order valence-electron chi connectivity index (χ2n) is 3.61. The van der Waals surface area contributed by atoms with Crippen LogP contribution in [-0.2, 0) is 4.74 Å². The summed E-state index contributed by atoms with van der Waals surface area (Å²) in [4.78, 5) is 0. The molecule has 1 saturated carbocycles. The van der Waals surface area contributed by atoms with Crippen LogP contribution in [0.1, 0.15) is 36.2 Å². The minimum absolute atomic E-state index is 0.563. The quantitative estimate of drug-likeness (QED) is 0.781. The fourth-order valence-electron chi connectivity index (χ4n) is 1.68. The lowest BCUT2D eigenvalue weighted by molar-refractivity contribution is -0.0774. The summed E-state index contributed by atoms with van der Waals surface area (Å²) in [6.07, 6.45) is 1.47. The monoisotopic (exact) mass is 212 g/mol. The van der Waals surface area contributed by atoms with Crippen LogP contribution < -0.4 is 0 Å². The lowest BCUT2D eigenvalue weighted by Crippen LogP contribution is -2.04. The highest BCUT2D eigenvalue weighted by molar-refractivity contribution is 6.31. The predicted octanol–water partition coefficient (Wildman–Crippen LogP) is 2.85. The molecule has 14 heavy (non-hydrogen) atoms. The maximum atomic E-state index is 9.66. The summed E-state index contributed by atoms with van der Waals surface area (Å²) in [6, 6.07) is 5.72. The fraction of sp³-hybridized carbons (Fsp3) is 0.455. The number of hydrogen-bond acceptors (Lipinski definition) is 2. The molecule has 0 aromatic heterocycles. The summed E-state index contributed by atoms with van der Waals surface area (Å²) in [5, 5.41) is 10.2. The minimum Gasteiger partial charge on any atom is -0.364 e. The smallest absolute Gasteiger partial charge is 0.182 e. The molecule has 1 N–H and O–H groups in total. The molecule has 0 aliphatic heterocycles. The normalized spacial score (nSPS) is 18.2. The van der Waals surface area contributed by atoms with E-state index < -0.39 is 6.29 Å². The van der Waals surface area contributed by atoms with E-state index >= 15 is 0 Å². The first kappa shape index (κ1) is 9.97. The number of aliphatic hydroxyl groups is 1. The first-order chi connectivity index (χ1) is 6.74. The Labute approximate surface area is 88.5 Å². The largest absolute Gasteiger partial charge is 0.364 e. The molecular weight excluding hydrogens is 200 g/mol. The zero-order chi connectivity index (χ0) is 10.1.